The Hall–Kier alpha value is -3.38. The molecule has 1 aliphatic carbocycles. The molecule has 1 spiro atoms. The van der Waals surface area contributed by atoms with E-state index in [-0.39, 0.29) is 23.3 Å². The summed E-state index contributed by atoms with van der Waals surface area (Å²) in [5, 5.41) is 3.58. The van der Waals surface area contributed by atoms with Gasteiger partial charge in [0.1, 0.15) is 0 Å². The van der Waals surface area contributed by atoms with Crippen LogP contribution in [0.1, 0.15) is 63.6 Å². The minimum atomic E-state index is -0.202. The molecule has 7 heteroatoms. The van der Waals surface area contributed by atoms with Gasteiger partial charge in [-0.1, -0.05) is 35.9 Å². The SMILES string of the molecule is O=C(NC1CCc2cccc(C(=O)N3CCC4(CCN(c5ccncc5)CC4)C3)c21)c1ccccc1Cl. The highest BCUT2D eigenvalue weighted by Gasteiger charge is 2.43. The Kier molecular flexibility index (Phi) is 6.37. The highest BCUT2D eigenvalue weighted by Crippen LogP contribution is 2.42. The molecule has 3 heterocycles. The number of hydrogen-bond acceptors (Lipinski definition) is 4. The van der Waals surface area contributed by atoms with Crippen molar-refractivity contribution >= 4 is 29.1 Å². The number of nitrogens with zero attached hydrogens (tertiary/aromatic N) is 3. The van der Waals surface area contributed by atoms with Gasteiger partial charge in [0.15, 0.2) is 0 Å². The van der Waals surface area contributed by atoms with Gasteiger partial charge in [0, 0.05) is 49.8 Å². The molecule has 37 heavy (non-hydrogen) atoms. The van der Waals surface area contributed by atoms with E-state index in [0.717, 1.165) is 75.0 Å². The average molecular weight is 515 g/mol. The van der Waals surface area contributed by atoms with Crippen LogP contribution in [0, 0.1) is 5.41 Å². The Morgan fingerprint density at radius 2 is 1.65 bits per heavy atom. The molecular formula is C30H31ClN4O2. The number of rotatable bonds is 4. The summed E-state index contributed by atoms with van der Waals surface area (Å²) in [5.41, 5.74) is 4.72. The molecule has 1 N–H and O–H groups in total. The zero-order chi connectivity index (χ0) is 25.4. The maximum Gasteiger partial charge on any atom is 0.254 e. The van der Waals surface area contributed by atoms with E-state index in [1.165, 1.54) is 5.69 Å². The summed E-state index contributed by atoms with van der Waals surface area (Å²) in [6.45, 7) is 3.59. The van der Waals surface area contributed by atoms with Gasteiger partial charge in [0.2, 0.25) is 0 Å². The van der Waals surface area contributed by atoms with E-state index in [2.05, 4.69) is 33.4 Å². The van der Waals surface area contributed by atoms with Crippen LogP contribution in [0.5, 0.6) is 0 Å². The van der Waals surface area contributed by atoms with Crippen molar-refractivity contribution in [3.63, 3.8) is 0 Å². The van der Waals surface area contributed by atoms with E-state index in [0.29, 0.717) is 10.6 Å². The topological polar surface area (TPSA) is 65.5 Å². The molecule has 1 aromatic heterocycles. The Morgan fingerprint density at radius 3 is 2.43 bits per heavy atom. The van der Waals surface area contributed by atoms with E-state index in [1.54, 1.807) is 12.1 Å². The summed E-state index contributed by atoms with van der Waals surface area (Å²) < 4.78 is 0. The van der Waals surface area contributed by atoms with Crippen LogP contribution in [-0.2, 0) is 6.42 Å². The van der Waals surface area contributed by atoms with Gasteiger partial charge in [-0.3, -0.25) is 14.6 Å². The fraction of sp³-hybridized carbons (Fsp3) is 0.367. The second-order valence-electron chi connectivity index (χ2n) is 10.6. The van der Waals surface area contributed by atoms with Crippen molar-refractivity contribution in [3.05, 3.63) is 94.3 Å². The first-order valence-corrected chi connectivity index (χ1v) is 13.5. The zero-order valence-corrected chi connectivity index (χ0v) is 21.6. The van der Waals surface area contributed by atoms with Gasteiger partial charge in [-0.2, -0.15) is 0 Å². The molecule has 2 aromatic carbocycles. The summed E-state index contributed by atoms with van der Waals surface area (Å²) in [6, 6.07) is 17.0. The minimum absolute atomic E-state index is 0.0872. The molecule has 0 bridgehead atoms. The van der Waals surface area contributed by atoms with Gasteiger partial charge < -0.3 is 15.1 Å². The second-order valence-corrected chi connectivity index (χ2v) is 11.0. The number of benzene rings is 2. The first-order chi connectivity index (χ1) is 18.0. The normalized spacial score (nSPS) is 20.2. The molecule has 2 fully saturated rings. The number of anilines is 1. The van der Waals surface area contributed by atoms with Gasteiger partial charge in [-0.15, -0.1) is 0 Å². The molecule has 1 unspecified atom stereocenters. The zero-order valence-electron chi connectivity index (χ0n) is 20.8. The Balaban J connectivity index is 1.16. The highest BCUT2D eigenvalue weighted by molar-refractivity contribution is 6.33. The van der Waals surface area contributed by atoms with Gasteiger partial charge in [-0.05, 0) is 79.0 Å². The number of piperidine rings is 1. The van der Waals surface area contributed by atoms with E-state index in [9.17, 15) is 9.59 Å². The number of amides is 2. The smallest absolute Gasteiger partial charge is 0.254 e. The van der Waals surface area contributed by atoms with Crippen LogP contribution >= 0.6 is 11.6 Å². The van der Waals surface area contributed by atoms with Gasteiger partial charge in [0.25, 0.3) is 11.8 Å². The van der Waals surface area contributed by atoms with E-state index in [1.807, 2.05) is 41.6 Å². The summed E-state index contributed by atoms with van der Waals surface area (Å²) in [5.74, 6) is -0.115. The molecule has 3 aromatic rings. The number of aryl methyl sites for hydroxylation is 1. The van der Waals surface area contributed by atoms with Crippen molar-refractivity contribution in [2.24, 2.45) is 5.41 Å². The molecule has 2 amide bonds. The third kappa shape index (κ3) is 4.59. The van der Waals surface area contributed by atoms with Crippen molar-refractivity contribution in [3.8, 4) is 0 Å². The monoisotopic (exact) mass is 514 g/mol. The molecule has 0 radical (unpaired) electrons. The quantitative estimate of drug-likeness (QED) is 0.514. The summed E-state index contributed by atoms with van der Waals surface area (Å²) in [6.07, 6.45) is 8.54. The Morgan fingerprint density at radius 1 is 0.919 bits per heavy atom. The van der Waals surface area contributed by atoms with Gasteiger partial charge in [0.05, 0.1) is 16.6 Å². The maximum atomic E-state index is 13.8. The third-order valence-electron chi connectivity index (χ3n) is 8.48. The summed E-state index contributed by atoms with van der Waals surface area (Å²) in [4.78, 5) is 35.5. The first-order valence-electron chi connectivity index (χ1n) is 13.1. The Labute approximate surface area is 222 Å². The van der Waals surface area contributed by atoms with Crippen LogP contribution in [0.3, 0.4) is 0 Å². The molecule has 6 nitrogen and oxygen atoms in total. The predicted molar refractivity (Wildman–Crippen MR) is 145 cm³/mol. The molecular weight excluding hydrogens is 484 g/mol. The van der Waals surface area contributed by atoms with Crippen molar-refractivity contribution in [2.75, 3.05) is 31.1 Å². The minimum Gasteiger partial charge on any atom is -0.371 e. The van der Waals surface area contributed by atoms with Crippen LogP contribution in [0.2, 0.25) is 5.02 Å². The predicted octanol–water partition coefficient (Wildman–Crippen LogP) is 5.29. The lowest BCUT2D eigenvalue weighted by molar-refractivity contribution is 0.0761. The number of fused-ring (bicyclic) bond motifs is 1. The van der Waals surface area contributed by atoms with Crippen LogP contribution in [-0.4, -0.2) is 47.9 Å². The standard InChI is InChI=1S/C30H31ClN4O2/c31-25-7-2-1-5-23(25)28(36)33-26-9-8-21-4-3-6-24(27(21)26)29(37)35-19-14-30(20-35)12-17-34(18-13-30)22-10-15-32-16-11-22/h1-7,10-11,15-16,26H,8-9,12-14,17-20H2,(H,33,36). The van der Waals surface area contributed by atoms with E-state index < -0.39 is 0 Å². The fourth-order valence-electron chi connectivity index (χ4n) is 6.38. The molecule has 6 rings (SSSR count). The average Bonchev–Trinajstić information content (AvgIpc) is 3.54. The summed E-state index contributed by atoms with van der Waals surface area (Å²) >= 11 is 6.26. The van der Waals surface area contributed by atoms with Crippen LogP contribution < -0.4 is 10.2 Å². The molecule has 2 aliphatic heterocycles. The largest absolute Gasteiger partial charge is 0.371 e. The lowest BCUT2D eigenvalue weighted by atomic mass is 9.77. The molecule has 0 saturated carbocycles. The first kappa shape index (κ1) is 24.0. The number of carbonyl (C=O) groups is 2. The van der Waals surface area contributed by atoms with E-state index in [4.69, 9.17) is 11.6 Å². The number of aromatic nitrogens is 1. The fourth-order valence-corrected chi connectivity index (χ4v) is 6.60. The molecule has 3 aliphatic rings. The third-order valence-corrected chi connectivity index (χ3v) is 8.81. The highest BCUT2D eigenvalue weighted by atomic mass is 35.5. The number of hydrogen-bond donors (Lipinski definition) is 1. The van der Waals surface area contributed by atoms with Crippen molar-refractivity contribution in [1.82, 2.24) is 15.2 Å². The van der Waals surface area contributed by atoms with Crippen molar-refractivity contribution < 1.29 is 9.59 Å². The molecule has 190 valence electrons. The van der Waals surface area contributed by atoms with Gasteiger partial charge in [-0.25, -0.2) is 0 Å². The van der Waals surface area contributed by atoms with Crippen LogP contribution in [0.4, 0.5) is 5.69 Å². The number of nitrogens with one attached hydrogen (secondary N) is 1. The number of carbonyl (C=O) groups excluding carboxylic acids is 2. The lowest BCUT2D eigenvalue weighted by Gasteiger charge is -2.40. The second kappa shape index (κ2) is 9.82. The lowest BCUT2D eigenvalue weighted by Crippen LogP contribution is -2.42. The number of pyridine rings is 1. The Bertz CT molecular complexity index is 1320. The van der Waals surface area contributed by atoms with Crippen molar-refractivity contribution in [1.29, 1.82) is 0 Å². The molecule has 1 atom stereocenters. The number of likely N-dealkylation sites (tertiary alicyclic amines) is 1. The maximum absolute atomic E-state index is 13.8. The van der Waals surface area contributed by atoms with E-state index >= 15 is 0 Å². The summed E-state index contributed by atoms with van der Waals surface area (Å²) in [7, 11) is 0. The van der Waals surface area contributed by atoms with Crippen LogP contribution in [0.15, 0.2) is 67.0 Å². The molecule has 2 saturated heterocycles. The van der Waals surface area contributed by atoms with Gasteiger partial charge >= 0.3 is 0 Å². The number of halogens is 1. The van der Waals surface area contributed by atoms with Crippen molar-refractivity contribution in [2.45, 2.75) is 38.1 Å². The van der Waals surface area contributed by atoms with Crippen LogP contribution in [0.25, 0.3) is 0 Å².